The third kappa shape index (κ3) is 2.68. The molecule has 0 saturated heterocycles. The van der Waals surface area contributed by atoms with E-state index in [0.29, 0.717) is 5.92 Å². The molecule has 1 aliphatic rings. The van der Waals surface area contributed by atoms with Crippen LogP contribution < -0.4 is 5.73 Å². The van der Waals surface area contributed by atoms with Crippen LogP contribution in [0.1, 0.15) is 47.9 Å². The minimum Gasteiger partial charge on any atom is -0.320 e. The molecule has 0 bridgehead atoms. The molecule has 0 spiro atoms. The Hall–Kier alpha value is -0.160. The van der Waals surface area contributed by atoms with Crippen LogP contribution >= 0.6 is 43.2 Å². The monoisotopic (exact) mass is 399 g/mol. The second-order valence-corrected chi connectivity index (χ2v) is 8.76. The van der Waals surface area contributed by atoms with Crippen molar-refractivity contribution in [2.24, 2.45) is 5.73 Å². The van der Waals surface area contributed by atoms with Crippen LogP contribution in [0.5, 0.6) is 0 Å². The minimum atomic E-state index is -0.0475. The average Bonchev–Trinajstić information content (AvgIpc) is 2.66. The lowest BCUT2D eigenvalue weighted by Gasteiger charge is -2.29. The first kappa shape index (κ1) is 13.8. The molecule has 4 heteroatoms. The van der Waals surface area contributed by atoms with Gasteiger partial charge in [0.05, 0.1) is 13.6 Å². The normalized spacial score (nSPS) is 17.2. The Morgan fingerprint density at radius 3 is 2.47 bits per heavy atom. The van der Waals surface area contributed by atoms with Gasteiger partial charge in [-0.2, -0.15) is 0 Å². The van der Waals surface area contributed by atoms with Gasteiger partial charge in [-0.15, -0.1) is 11.3 Å². The van der Waals surface area contributed by atoms with Crippen molar-refractivity contribution in [3.63, 3.8) is 0 Å². The number of thiophene rings is 1. The molecule has 0 radical (unpaired) electrons. The Labute approximate surface area is 134 Å². The Balaban J connectivity index is 1.99. The van der Waals surface area contributed by atoms with Crippen LogP contribution in [-0.4, -0.2) is 0 Å². The molecule has 1 unspecified atom stereocenters. The van der Waals surface area contributed by atoms with Crippen LogP contribution in [0.2, 0.25) is 0 Å². The first-order chi connectivity index (χ1) is 9.16. The molecule has 0 amide bonds. The number of rotatable bonds is 3. The first-order valence-corrected chi connectivity index (χ1v) is 8.86. The summed E-state index contributed by atoms with van der Waals surface area (Å²) in [5.74, 6) is 0.711. The van der Waals surface area contributed by atoms with Gasteiger partial charge in [-0.3, -0.25) is 0 Å². The summed E-state index contributed by atoms with van der Waals surface area (Å²) in [7, 11) is 0. The lowest BCUT2D eigenvalue weighted by Crippen LogP contribution is -2.18. The van der Waals surface area contributed by atoms with E-state index in [-0.39, 0.29) is 6.04 Å². The SMILES string of the molecule is NC(c1ccccc1C1CCC1)c1cc(Br)sc1Br. The second-order valence-electron chi connectivity index (χ2n) is 5.01. The van der Waals surface area contributed by atoms with Crippen LogP contribution in [0.4, 0.5) is 0 Å². The van der Waals surface area contributed by atoms with E-state index in [1.165, 1.54) is 36.0 Å². The summed E-state index contributed by atoms with van der Waals surface area (Å²) in [5, 5.41) is 0. The number of halogens is 2. The summed E-state index contributed by atoms with van der Waals surface area (Å²) < 4.78 is 2.24. The zero-order chi connectivity index (χ0) is 13.4. The second kappa shape index (κ2) is 5.68. The van der Waals surface area contributed by atoms with E-state index in [2.05, 4.69) is 62.2 Å². The molecule has 1 aliphatic carbocycles. The van der Waals surface area contributed by atoms with Crippen molar-refractivity contribution >= 4 is 43.2 Å². The third-order valence-electron chi connectivity index (χ3n) is 3.89. The van der Waals surface area contributed by atoms with Crippen molar-refractivity contribution < 1.29 is 0 Å². The van der Waals surface area contributed by atoms with E-state index in [0.717, 1.165) is 7.57 Å². The quantitative estimate of drug-likeness (QED) is 0.713. The molecule has 3 rings (SSSR count). The number of nitrogens with two attached hydrogens (primary N) is 1. The summed E-state index contributed by atoms with van der Waals surface area (Å²) in [6, 6.07) is 10.7. The predicted molar refractivity (Wildman–Crippen MR) is 88.8 cm³/mol. The topological polar surface area (TPSA) is 26.0 Å². The standard InChI is InChI=1S/C15H15Br2NS/c16-13-8-12(15(17)19-13)14(18)11-7-2-1-6-10(11)9-4-3-5-9/h1-2,6-9,14H,3-5,18H2. The van der Waals surface area contributed by atoms with Gasteiger partial charge < -0.3 is 5.73 Å². The van der Waals surface area contributed by atoms with Crippen LogP contribution in [0.3, 0.4) is 0 Å². The van der Waals surface area contributed by atoms with E-state index in [1.807, 2.05) is 0 Å². The van der Waals surface area contributed by atoms with E-state index in [1.54, 1.807) is 11.3 Å². The minimum absolute atomic E-state index is 0.0475. The molecule has 1 aromatic heterocycles. The maximum atomic E-state index is 6.50. The van der Waals surface area contributed by atoms with Gasteiger partial charge in [0.25, 0.3) is 0 Å². The van der Waals surface area contributed by atoms with Gasteiger partial charge in [0.15, 0.2) is 0 Å². The molecule has 1 fully saturated rings. The molecule has 1 saturated carbocycles. The lowest BCUT2D eigenvalue weighted by atomic mass is 9.77. The predicted octanol–water partition coefficient (Wildman–Crippen LogP) is 5.59. The molecular formula is C15H15Br2NS. The number of hydrogen-bond donors (Lipinski definition) is 1. The average molecular weight is 401 g/mol. The zero-order valence-electron chi connectivity index (χ0n) is 10.4. The molecule has 1 heterocycles. The fourth-order valence-electron chi connectivity index (χ4n) is 2.62. The highest BCUT2D eigenvalue weighted by Crippen LogP contribution is 2.42. The van der Waals surface area contributed by atoms with Gasteiger partial charge in [-0.05, 0) is 73.4 Å². The summed E-state index contributed by atoms with van der Waals surface area (Å²) in [6.07, 6.45) is 3.96. The van der Waals surface area contributed by atoms with Crippen molar-refractivity contribution in [1.82, 2.24) is 0 Å². The van der Waals surface area contributed by atoms with Gasteiger partial charge in [0.1, 0.15) is 0 Å². The molecule has 1 atom stereocenters. The Kier molecular flexibility index (Phi) is 4.13. The maximum absolute atomic E-state index is 6.50. The summed E-state index contributed by atoms with van der Waals surface area (Å²) in [5.41, 5.74) is 10.4. The molecule has 1 aromatic carbocycles. The van der Waals surface area contributed by atoms with Crippen LogP contribution in [0.15, 0.2) is 37.9 Å². The highest BCUT2D eigenvalue weighted by molar-refractivity contribution is 9.12. The van der Waals surface area contributed by atoms with Gasteiger partial charge >= 0.3 is 0 Å². The van der Waals surface area contributed by atoms with Crippen LogP contribution in [-0.2, 0) is 0 Å². The highest BCUT2D eigenvalue weighted by Gasteiger charge is 2.25. The molecular weight excluding hydrogens is 386 g/mol. The van der Waals surface area contributed by atoms with Gasteiger partial charge in [-0.1, -0.05) is 30.7 Å². The molecule has 2 N–H and O–H groups in total. The van der Waals surface area contributed by atoms with E-state index >= 15 is 0 Å². The van der Waals surface area contributed by atoms with Gasteiger partial charge in [-0.25, -0.2) is 0 Å². The van der Waals surface area contributed by atoms with Gasteiger partial charge in [0, 0.05) is 0 Å². The number of benzene rings is 1. The largest absolute Gasteiger partial charge is 0.320 e. The first-order valence-electron chi connectivity index (χ1n) is 6.46. The Morgan fingerprint density at radius 1 is 1.16 bits per heavy atom. The summed E-state index contributed by atoms with van der Waals surface area (Å²) in [4.78, 5) is 0. The van der Waals surface area contributed by atoms with Crippen molar-refractivity contribution in [3.8, 4) is 0 Å². The van der Waals surface area contributed by atoms with Crippen LogP contribution in [0.25, 0.3) is 0 Å². The maximum Gasteiger partial charge on any atom is 0.0761 e. The molecule has 2 aromatic rings. The van der Waals surface area contributed by atoms with Crippen molar-refractivity contribution in [2.45, 2.75) is 31.2 Å². The number of hydrogen-bond acceptors (Lipinski definition) is 2. The van der Waals surface area contributed by atoms with Crippen molar-refractivity contribution in [1.29, 1.82) is 0 Å². The molecule has 0 aliphatic heterocycles. The summed E-state index contributed by atoms with van der Waals surface area (Å²) in [6.45, 7) is 0. The fraction of sp³-hybridized carbons (Fsp3) is 0.333. The van der Waals surface area contributed by atoms with Crippen molar-refractivity contribution in [2.75, 3.05) is 0 Å². The van der Waals surface area contributed by atoms with Crippen molar-refractivity contribution in [3.05, 3.63) is 54.6 Å². The molecule has 1 nitrogen and oxygen atoms in total. The van der Waals surface area contributed by atoms with Gasteiger partial charge in [0.2, 0.25) is 0 Å². The highest BCUT2D eigenvalue weighted by atomic mass is 79.9. The summed E-state index contributed by atoms with van der Waals surface area (Å²) >= 11 is 8.82. The van der Waals surface area contributed by atoms with E-state index in [4.69, 9.17) is 5.73 Å². The fourth-order valence-corrected chi connectivity index (χ4v) is 5.55. The zero-order valence-corrected chi connectivity index (χ0v) is 14.4. The smallest absolute Gasteiger partial charge is 0.0761 e. The lowest BCUT2D eigenvalue weighted by molar-refractivity contribution is 0.416. The molecule has 19 heavy (non-hydrogen) atoms. The van der Waals surface area contributed by atoms with E-state index in [9.17, 15) is 0 Å². The third-order valence-corrected chi connectivity index (χ3v) is 6.28. The van der Waals surface area contributed by atoms with E-state index < -0.39 is 0 Å². The Morgan fingerprint density at radius 2 is 1.89 bits per heavy atom. The Bertz CT molecular complexity index is 590. The molecule has 100 valence electrons. The van der Waals surface area contributed by atoms with Crippen LogP contribution in [0, 0.1) is 0 Å².